The highest BCUT2D eigenvalue weighted by atomic mass is 16.5. The number of nitrogens with one attached hydrogen (secondary N) is 2. The summed E-state index contributed by atoms with van der Waals surface area (Å²) in [6.45, 7) is 4.28. The van der Waals surface area contributed by atoms with E-state index in [9.17, 15) is 9.59 Å². The standard InChI is InChI=1S/C17H20N4O3/c1-10-16(11(2)20-19-10)18-15(22)9-21-8-13(17(23)24-3)12-6-4-5-7-14(12)21/h4-7,13H,8-9H2,1-3H3,(H,18,22)(H,19,20). The molecule has 0 aliphatic carbocycles. The Hall–Kier alpha value is -2.83. The number of amides is 1. The summed E-state index contributed by atoms with van der Waals surface area (Å²) >= 11 is 0. The van der Waals surface area contributed by atoms with Crippen LogP contribution < -0.4 is 10.2 Å². The van der Waals surface area contributed by atoms with Crippen LogP contribution in [0.25, 0.3) is 0 Å². The molecule has 1 atom stereocenters. The first-order valence-corrected chi connectivity index (χ1v) is 7.74. The quantitative estimate of drug-likeness (QED) is 0.835. The van der Waals surface area contributed by atoms with Crippen molar-refractivity contribution in [3.05, 3.63) is 41.2 Å². The van der Waals surface area contributed by atoms with Crippen LogP contribution in [-0.4, -0.2) is 42.3 Å². The predicted octanol–water partition coefficient (Wildman–Crippen LogP) is 1.74. The second kappa shape index (κ2) is 6.35. The largest absolute Gasteiger partial charge is 0.468 e. The summed E-state index contributed by atoms with van der Waals surface area (Å²) in [7, 11) is 1.38. The molecule has 2 N–H and O–H groups in total. The van der Waals surface area contributed by atoms with Gasteiger partial charge in [-0.15, -0.1) is 0 Å². The average molecular weight is 328 g/mol. The van der Waals surface area contributed by atoms with Crippen LogP contribution >= 0.6 is 0 Å². The number of aryl methyl sites for hydroxylation is 2. The number of hydrogen-bond acceptors (Lipinski definition) is 5. The molecule has 0 radical (unpaired) electrons. The van der Waals surface area contributed by atoms with Crippen molar-refractivity contribution in [3.8, 4) is 0 Å². The lowest BCUT2D eigenvalue weighted by atomic mass is 10.0. The lowest BCUT2D eigenvalue weighted by Crippen LogP contribution is -2.33. The molecule has 126 valence electrons. The summed E-state index contributed by atoms with van der Waals surface area (Å²) in [6.07, 6.45) is 0. The number of benzene rings is 1. The van der Waals surface area contributed by atoms with Gasteiger partial charge in [-0.3, -0.25) is 14.7 Å². The van der Waals surface area contributed by atoms with Crippen LogP contribution in [0, 0.1) is 13.8 Å². The average Bonchev–Trinajstić information content (AvgIpc) is 3.09. The number of H-pyrrole nitrogens is 1. The minimum Gasteiger partial charge on any atom is -0.468 e. The van der Waals surface area contributed by atoms with Crippen LogP contribution in [0.15, 0.2) is 24.3 Å². The van der Waals surface area contributed by atoms with E-state index in [1.165, 1.54) is 7.11 Å². The molecule has 1 aliphatic heterocycles. The first kappa shape index (κ1) is 16.0. The summed E-state index contributed by atoms with van der Waals surface area (Å²) in [5.74, 6) is -0.800. The van der Waals surface area contributed by atoms with Crippen LogP contribution in [0.2, 0.25) is 0 Å². The van der Waals surface area contributed by atoms with Crippen LogP contribution in [-0.2, 0) is 14.3 Å². The summed E-state index contributed by atoms with van der Waals surface area (Å²) in [5.41, 5.74) is 4.05. The third-order valence-corrected chi connectivity index (χ3v) is 4.27. The molecule has 0 saturated heterocycles. The number of para-hydroxylation sites is 1. The van der Waals surface area contributed by atoms with E-state index in [2.05, 4.69) is 15.5 Å². The molecule has 24 heavy (non-hydrogen) atoms. The van der Waals surface area contributed by atoms with Crippen molar-refractivity contribution >= 4 is 23.3 Å². The van der Waals surface area contributed by atoms with Gasteiger partial charge in [-0.25, -0.2) is 0 Å². The van der Waals surface area contributed by atoms with Crippen molar-refractivity contribution in [3.63, 3.8) is 0 Å². The molecule has 1 amide bonds. The van der Waals surface area contributed by atoms with Gasteiger partial charge in [0.05, 0.1) is 30.7 Å². The molecule has 7 heteroatoms. The summed E-state index contributed by atoms with van der Waals surface area (Å²) < 4.78 is 4.88. The van der Waals surface area contributed by atoms with Gasteiger partial charge in [-0.05, 0) is 25.5 Å². The Morgan fingerprint density at radius 1 is 1.38 bits per heavy atom. The number of anilines is 2. The van der Waals surface area contributed by atoms with E-state index in [-0.39, 0.29) is 24.3 Å². The van der Waals surface area contributed by atoms with Gasteiger partial charge < -0.3 is 15.0 Å². The number of methoxy groups -OCH3 is 1. The van der Waals surface area contributed by atoms with Gasteiger partial charge in [-0.1, -0.05) is 18.2 Å². The normalized spacial score (nSPS) is 16.0. The third kappa shape index (κ3) is 2.84. The fourth-order valence-corrected chi connectivity index (χ4v) is 3.07. The van der Waals surface area contributed by atoms with E-state index in [0.29, 0.717) is 12.2 Å². The molecule has 0 spiro atoms. The summed E-state index contributed by atoms with van der Waals surface area (Å²) in [4.78, 5) is 26.3. The van der Waals surface area contributed by atoms with Crippen molar-refractivity contribution in [2.24, 2.45) is 0 Å². The number of fused-ring (bicyclic) bond motifs is 1. The second-order valence-electron chi connectivity index (χ2n) is 5.87. The number of ether oxygens (including phenoxy) is 1. The Balaban J connectivity index is 1.76. The number of hydrogen-bond donors (Lipinski definition) is 2. The Bertz CT molecular complexity index is 764. The van der Waals surface area contributed by atoms with Crippen molar-refractivity contribution in [1.29, 1.82) is 0 Å². The highest BCUT2D eigenvalue weighted by Crippen LogP contribution is 2.36. The fraction of sp³-hybridized carbons (Fsp3) is 0.353. The zero-order valence-corrected chi connectivity index (χ0v) is 13.9. The van der Waals surface area contributed by atoms with Gasteiger partial charge >= 0.3 is 5.97 Å². The molecule has 2 heterocycles. The molecular weight excluding hydrogens is 308 g/mol. The Labute approximate surface area is 140 Å². The number of rotatable bonds is 4. The molecule has 1 aliphatic rings. The summed E-state index contributed by atoms with van der Waals surface area (Å²) in [5, 5.41) is 9.79. The van der Waals surface area contributed by atoms with E-state index in [0.717, 1.165) is 22.6 Å². The second-order valence-corrected chi connectivity index (χ2v) is 5.87. The molecule has 1 aromatic carbocycles. The first-order valence-electron chi connectivity index (χ1n) is 7.74. The van der Waals surface area contributed by atoms with Gasteiger partial charge in [0.15, 0.2) is 0 Å². The molecular formula is C17H20N4O3. The zero-order valence-electron chi connectivity index (χ0n) is 13.9. The van der Waals surface area contributed by atoms with E-state index < -0.39 is 0 Å². The lowest BCUT2D eigenvalue weighted by molar-refractivity contribution is -0.142. The molecule has 7 nitrogen and oxygen atoms in total. The number of carbonyl (C=O) groups is 2. The Morgan fingerprint density at radius 2 is 2.12 bits per heavy atom. The van der Waals surface area contributed by atoms with Crippen molar-refractivity contribution in [2.45, 2.75) is 19.8 Å². The minimum absolute atomic E-state index is 0.150. The zero-order chi connectivity index (χ0) is 17.3. The molecule has 1 unspecified atom stereocenters. The van der Waals surface area contributed by atoms with Crippen LogP contribution in [0.3, 0.4) is 0 Å². The van der Waals surface area contributed by atoms with Gasteiger partial charge in [0, 0.05) is 12.2 Å². The smallest absolute Gasteiger partial charge is 0.315 e. The molecule has 2 aromatic rings. The van der Waals surface area contributed by atoms with Crippen molar-refractivity contribution < 1.29 is 14.3 Å². The molecule has 1 aromatic heterocycles. The minimum atomic E-state index is -0.364. The molecule has 0 saturated carbocycles. The summed E-state index contributed by atoms with van der Waals surface area (Å²) in [6, 6.07) is 7.60. The SMILES string of the molecule is COC(=O)C1CN(CC(=O)Nc2c(C)n[nH]c2C)c2ccccc21. The van der Waals surface area contributed by atoms with Gasteiger partial charge in [0.25, 0.3) is 0 Å². The van der Waals surface area contributed by atoms with Crippen LogP contribution in [0.5, 0.6) is 0 Å². The van der Waals surface area contributed by atoms with Crippen LogP contribution in [0.4, 0.5) is 11.4 Å². The fourth-order valence-electron chi connectivity index (χ4n) is 3.07. The third-order valence-electron chi connectivity index (χ3n) is 4.27. The van der Waals surface area contributed by atoms with E-state index >= 15 is 0 Å². The predicted molar refractivity (Wildman–Crippen MR) is 90.1 cm³/mol. The molecule has 0 bridgehead atoms. The number of aromatic nitrogens is 2. The maximum Gasteiger partial charge on any atom is 0.315 e. The Morgan fingerprint density at radius 3 is 2.79 bits per heavy atom. The van der Waals surface area contributed by atoms with Gasteiger partial charge in [-0.2, -0.15) is 5.10 Å². The van der Waals surface area contributed by atoms with E-state index in [4.69, 9.17) is 4.74 Å². The van der Waals surface area contributed by atoms with Crippen LogP contribution in [0.1, 0.15) is 22.9 Å². The number of carbonyl (C=O) groups excluding carboxylic acids is 2. The van der Waals surface area contributed by atoms with Gasteiger partial charge in [0.1, 0.15) is 5.92 Å². The highest BCUT2D eigenvalue weighted by Gasteiger charge is 2.34. The van der Waals surface area contributed by atoms with Crippen molar-refractivity contribution in [2.75, 3.05) is 30.4 Å². The number of nitrogens with zero attached hydrogens (tertiary/aromatic N) is 2. The molecule has 0 fully saturated rings. The topological polar surface area (TPSA) is 87.3 Å². The van der Waals surface area contributed by atoms with E-state index in [1.807, 2.05) is 43.0 Å². The van der Waals surface area contributed by atoms with Crippen molar-refractivity contribution in [1.82, 2.24) is 10.2 Å². The maximum absolute atomic E-state index is 12.4. The number of esters is 1. The lowest BCUT2D eigenvalue weighted by Gasteiger charge is -2.19. The van der Waals surface area contributed by atoms with E-state index in [1.54, 1.807) is 0 Å². The Kier molecular flexibility index (Phi) is 4.24. The van der Waals surface area contributed by atoms with Gasteiger partial charge in [0.2, 0.25) is 5.91 Å². The first-order chi connectivity index (χ1) is 11.5. The highest BCUT2D eigenvalue weighted by molar-refractivity contribution is 5.96. The monoisotopic (exact) mass is 328 g/mol. The molecule has 3 rings (SSSR count). The number of aromatic amines is 1. The maximum atomic E-state index is 12.4.